The molecule has 146 valence electrons. The first kappa shape index (κ1) is 19.9. The van der Waals surface area contributed by atoms with Crippen molar-refractivity contribution in [2.75, 3.05) is 11.8 Å². The third-order valence-corrected chi connectivity index (χ3v) is 6.89. The van der Waals surface area contributed by atoms with Gasteiger partial charge in [-0.25, -0.2) is 8.42 Å². The van der Waals surface area contributed by atoms with Gasteiger partial charge >= 0.3 is 0 Å². The van der Waals surface area contributed by atoms with Crippen LogP contribution < -0.4 is 14.8 Å². The predicted molar refractivity (Wildman–Crippen MR) is 110 cm³/mol. The lowest BCUT2D eigenvalue weighted by molar-refractivity contribution is 0.0939. The highest BCUT2D eigenvalue weighted by molar-refractivity contribution is 7.94. The third-order valence-electron chi connectivity index (χ3n) is 4.11. The molecule has 0 saturated heterocycles. The molecule has 3 rings (SSSR count). The van der Waals surface area contributed by atoms with Crippen molar-refractivity contribution in [3.63, 3.8) is 0 Å². The van der Waals surface area contributed by atoms with Crippen LogP contribution in [0.5, 0.6) is 5.75 Å². The number of hydrogen-bond donors (Lipinski definition) is 2. The van der Waals surface area contributed by atoms with Crippen LogP contribution in [0.2, 0.25) is 0 Å². The van der Waals surface area contributed by atoms with Gasteiger partial charge in [-0.3, -0.25) is 9.52 Å². The molecule has 6 nitrogen and oxygen atoms in total. The van der Waals surface area contributed by atoms with E-state index in [0.717, 1.165) is 16.9 Å². The van der Waals surface area contributed by atoms with Crippen LogP contribution in [-0.2, 0) is 10.0 Å². The van der Waals surface area contributed by atoms with E-state index < -0.39 is 10.0 Å². The lowest BCUT2D eigenvalue weighted by Gasteiger charge is -2.17. The van der Waals surface area contributed by atoms with Crippen LogP contribution in [0.25, 0.3) is 0 Å². The molecule has 0 aliphatic rings. The predicted octanol–water partition coefficient (Wildman–Crippen LogP) is 4.05. The van der Waals surface area contributed by atoms with Crippen molar-refractivity contribution in [1.29, 1.82) is 0 Å². The van der Waals surface area contributed by atoms with Crippen molar-refractivity contribution in [1.82, 2.24) is 5.32 Å². The van der Waals surface area contributed by atoms with Gasteiger partial charge in [0.15, 0.2) is 0 Å². The van der Waals surface area contributed by atoms with E-state index >= 15 is 0 Å². The van der Waals surface area contributed by atoms with Gasteiger partial charge in [0.2, 0.25) is 0 Å². The lowest BCUT2D eigenvalue weighted by atomic mass is 10.1. The molecule has 8 heteroatoms. The van der Waals surface area contributed by atoms with Gasteiger partial charge in [0, 0.05) is 16.8 Å². The number of para-hydroxylation sites is 1. The van der Waals surface area contributed by atoms with E-state index in [1.165, 1.54) is 6.07 Å². The minimum atomic E-state index is -3.61. The van der Waals surface area contributed by atoms with E-state index in [1.54, 1.807) is 42.8 Å². The molecule has 0 saturated carbocycles. The molecule has 1 aromatic heterocycles. The molecule has 1 heterocycles. The number of anilines is 1. The smallest absolute Gasteiger partial charge is 0.271 e. The van der Waals surface area contributed by atoms with Crippen molar-refractivity contribution in [2.45, 2.75) is 17.2 Å². The number of carbonyl (C=O) groups excluding carboxylic acids is 1. The summed E-state index contributed by atoms with van der Waals surface area (Å²) in [6.45, 7) is 1.87. The molecule has 3 aromatic rings. The summed E-state index contributed by atoms with van der Waals surface area (Å²) in [6, 6.07) is 16.7. The van der Waals surface area contributed by atoms with Gasteiger partial charge in [0.05, 0.1) is 13.2 Å². The van der Waals surface area contributed by atoms with E-state index in [-0.39, 0.29) is 16.2 Å². The Labute approximate surface area is 168 Å². The first-order valence-electron chi connectivity index (χ1n) is 8.51. The van der Waals surface area contributed by atoms with Gasteiger partial charge in [0.1, 0.15) is 9.96 Å². The molecule has 1 amide bonds. The second-order valence-corrected chi connectivity index (χ2v) is 8.91. The van der Waals surface area contributed by atoms with E-state index in [4.69, 9.17) is 4.74 Å². The van der Waals surface area contributed by atoms with Gasteiger partial charge < -0.3 is 10.1 Å². The summed E-state index contributed by atoms with van der Waals surface area (Å²) < 4.78 is 32.6. The third kappa shape index (κ3) is 4.52. The number of rotatable bonds is 7. The van der Waals surface area contributed by atoms with Crippen LogP contribution in [-0.4, -0.2) is 21.4 Å². The lowest BCUT2D eigenvalue weighted by Crippen LogP contribution is -2.26. The highest BCUT2D eigenvalue weighted by Crippen LogP contribution is 2.25. The van der Waals surface area contributed by atoms with Gasteiger partial charge in [-0.2, -0.15) is 0 Å². The Morgan fingerprint density at radius 3 is 2.39 bits per heavy atom. The zero-order valence-corrected chi connectivity index (χ0v) is 17.0. The van der Waals surface area contributed by atoms with Crippen LogP contribution in [0.1, 0.15) is 28.9 Å². The van der Waals surface area contributed by atoms with Gasteiger partial charge in [-0.1, -0.05) is 24.3 Å². The Bertz CT molecular complexity index is 1050. The monoisotopic (exact) mass is 416 g/mol. The summed E-state index contributed by atoms with van der Waals surface area (Å²) in [6.07, 6.45) is 0. The summed E-state index contributed by atoms with van der Waals surface area (Å²) >= 11 is 1.14. The molecule has 0 aliphatic heterocycles. The van der Waals surface area contributed by atoms with Crippen LogP contribution in [0.3, 0.4) is 0 Å². The van der Waals surface area contributed by atoms with Gasteiger partial charge in [-0.15, -0.1) is 11.3 Å². The molecule has 1 atom stereocenters. The first-order valence-corrected chi connectivity index (χ1v) is 10.9. The van der Waals surface area contributed by atoms with Crippen molar-refractivity contribution in [3.05, 3.63) is 77.2 Å². The largest absolute Gasteiger partial charge is 0.496 e. The highest BCUT2D eigenvalue weighted by Gasteiger charge is 2.17. The maximum Gasteiger partial charge on any atom is 0.271 e. The quantitative estimate of drug-likeness (QED) is 0.609. The Hall–Kier alpha value is -2.84. The Morgan fingerprint density at radius 1 is 1.04 bits per heavy atom. The Balaban J connectivity index is 1.68. The number of amides is 1. The number of nitrogens with one attached hydrogen (secondary N) is 2. The van der Waals surface area contributed by atoms with Crippen LogP contribution in [0.15, 0.2) is 70.3 Å². The number of thiophene rings is 1. The van der Waals surface area contributed by atoms with Crippen molar-refractivity contribution in [3.8, 4) is 5.75 Å². The second-order valence-electron chi connectivity index (χ2n) is 6.05. The first-order chi connectivity index (χ1) is 13.4. The maximum atomic E-state index is 12.5. The molecular weight excluding hydrogens is 396 g/mol. The maximum absolute atomic E-state index is 12.5. The highest BCUT2D eigenvalue weighted by atomic mass is 32.2. The molecule has 0 spiro atoms. The van der Waals surface area contributed by atoms with Crippen molar-refractivity contribution < 1.29 is 17.9 Å². The normalized spacial score (nSPS) is 12.2. The number of benzene rings is 2. The fraction of sp³-hybridized carbons (Fsp3) is 0.150. The Morgan fingerprint density at radius 2 is 1.75 bits per heavy atom. The number of methoxy groups -OCH3 is 1. The van der Waals surface area contributed by atoms with Crippen LogP contribution in [0.4, 0.5) is 5.69 Å². The average molecular weight is 417 g/mol. The van der Waals surface area contributed by atoms with Gasteiger partial charge in [-0.05, 0) is 48.7 Å². The summed E-state index contributed by atoms with van der Waals surface area (Å²) in [5.41, 5.74) is 1.70. The molecule has 28 heavy (non-hydrogen) atoms. The molecule has 0 aliphatic carbocycles. The second kappa shape index (κ2) is 8.45. The minimum Gasteiger partial charge on any atom is -0.496 e. The fourth-order valence-corrected chi connectivity index (χ4v) is 4.74. The SMILES string of the molecule is COc1ccccc1[C@@H](C)NC(=O)c1ccc(NS(=O)(=O)c2cccs2)cc1. The summed E-state index contributed by atoms with van der Waals surface area (Å²) in [4.78, 5) is 12.5. The van der Waals surface area contributed by atoms with Gasteiger partial charge in [0.25, 0.3) is 15.9 Å². The Kier molecular flexibility index (Phi) is 6.01. The number of ether oxygens (including phenoxy) is 1. The average Bonchev–Trinajstić information content (AvgIpc) is 3.24. The molecular formula is C20H20N2O4S2. The van der Waals surface area contributed by atoms with E-state index in [1.807, 2.05) is 31.2 Å². The molecule has 0 radical (unpaired) electrons. The zero-order valence-electron chi connectivity index (χ0n) is 15.4. The van der Waals surface area contributed by atoms with E-state index in [2.05, 4.69) is 10.0 Å². The fourth-order valence-electron chi connectivity index (χ4n) is 2.69. The molecule has 2 N–H and O–H groups in total. The zero-order chi connectivity index (χ0) is 20.1. The number of carbonyl (C=O) groups is 1. The number of sulfonamides is 1. The molecule has 0 bridgehead atoms. The summed E-state index contributed by atoms with van der Waals surface area (Å²) in [5.74, 6) is 0.444. The topological polar surface area (TPSA) is 84.5 Å². The number of hydrogen-bond acceptors (Lipinski definition) is 5. The standard InChI is InChI=1S/C20H20N2O4S2/c1-14(17-6-3-4-7-18(17)26-2)21-20(23)15-9-11-16(12-10-15)22-28(24,25)19-8-5-13-27-19/h3-14,22H,1-2H3,(H,21,23)/t14-/m1/s1. The van der Waals surface area contributed by atoms with E-state index in [9.17, 15) is 13.2 Å². The van der Waals surface area contributed by atoms with E-state index in [0.29, 0.717) is 17.0 Å². The van der Waals surface area contributed by atoms with Crippen molar-refractivity contribution in [2.24, 2.45) is 0 Å². The van der Waals surface area contributed by atoms with Crippen molar-refractivity contribution >= 4 is 33.0 Å². The molecule has 2 aromatic carbocycles. The summed E-state index contributed by atoms with van der Waals surface area (Å²) in [7, 11) is -2.03. The summed E-state index contributed by atoms with van der Waals surface area (Å²) in [5, 5.41) is 4.62. The molecule has 0 unspecified atom stereocenters. The minimum absolute atomic E-state index is 0.236. The molecule has 0 fully saturated rings. The van der Waals surface area contributed by atoms with Crippen LogP contribution in [0, 0.1) is 0 Å². The van der Waals surface area contributed by atoms with Crippen LogP contribution >= 0.6 is 11.3 Å².